The summed E-state index contributed by atoms with van der Waals surface area (Å²) in [5.41, 5.74) is 3.57. The van der Waals surface area contributed by atoms with Gasteiger partial charge >= 0.3 is 0 Å². The third-order valence-electron chi connectivity index (χ3n) is 2.96. The fourth-order valence-electron chi connectivity index (χ4n) is 1.96. The highest BCUT2D eigenvalue weighted by atomic mass is 19.2. The molecule has 1 atom stereocenters. The van der Waals surface area contributed by atoms with Crippen molar-refractivity contribution in [3.8, 4) is 0 Å². The van der Waals surface area contributed by atoms with E-state index in [2.05, 4.69) is 15.7 Å². The minimum Gasteiger partial charge on any atom is -0.271 e. The molecule has 0 aliphatic rings. The van der Waals surface area contributed by atoms with E-state index in [0.717, 1.165) is 11.8 Å². The van der Waals surface area contributed by atoms with E-state index < -0.39 is 11.6 Å². The number of hydrogen-bond donors (Lipinski definition) is 2. The summed E-state index contributed by atoms with van der Waals surface area (Å²) in [5.74, 6) is 3.77. The Labute approximate surface area is 109 Å². The molecule has 0 saturated heterocycles. The second-order valence-electron chi connectivity index (χ2n) is 4.11. The van der Waals surface area contributed by atoms with Crippen molar-refractivity contribution in [3.05, 3.63) is 47.3 Å². The summed E-state index contributed by atoms with van der Waals surface area (Å²) in [5, 5.41) is 7.68. The van der Waals surface area contributed by atoms with Gasteiger partial charge in [-0.25, -0.2) is 13.5 Å². The predicted octanol–water partition coefficient (Wildman–Crippen LogP) is 1.32. The molecule has 0 fully saturated rings. The Morgan fingerprint density at radius 3 is 2.89 bits per heavy atom. The molecule has 19 heavy (non-hydrogen) atoms. The summed E-state index contributed by atoms with van der Waals surface area (Å²) in [6, 6.07) is 3.70. The molecule has 7 heteroatoms. The van der Waals surface area contributed by atoms with Gasteiger partial charge in [-0.05, 0) is 25.0 Å². The molecule has 1 aromatic carbocycles. The molecule has 3 N–H and O–H groups in total. The highest BCUT2D eigenvalue weighted by Gasteiger charge is 2.18. The molecule has 1 heterocycles. The van der Waals surface area contributed by atoms with Crippen LogP contribution in [0.4, 0.5) is 8.78 Å². The number of nitrogens with two attached hydrogens (primary N) is 1. The van der Waals surface area contributed by atoms with Crippen molar-refractivity contribution >= 4 is 0 Å². The molecular weight excluding hydrogens is 252 g/mol. The molecule has 1 aromatic heterocycles. The fourth-order valence-corrected chi connectivity index (χ4v) is 1.96. The van der Waals surface area contributed by atoms with Gasteiger partial charge in [-0.1, -0.05) is 17.3 Å². The standard InChI is InChI=1S/C12H15F2N5/c1-2-19-11(7-16-18-19)10(17-15)6-8-4-3-5-9(13)12(8)14/h3-5,7,10,17H,2,6,15H2,1H3. The van der Waals surface area contributed by atoms with Gasteiger partial charge in [0, 0.05) is 6.54 Å². The van der Waals surface area contributed by atoms with Crippen LogP contribution in [0.2, 0.25) is 0 Å². The maximum absolute atomic E-state index is 13.6. The average molecular weight is 267 g/mol. The average Bonchev–Trinajstić information content (AvgIpc) is 2.88. The van der Waals surface area contributed by atoms with Crippen molar-refractivity contribution in [3.63, 3.8) is 0 Å². The molecule has 0 saturated carbocycles. The SMILES string of the molecule is CCn1nncc1C(Cc1cccc(F)c1F)NN. The zero-order valence-electron chi connectivity index (χ0n) is 10.5. The molecule has 0 aliphatic heterocycles. The number of rotatable bonds is 5. The molecular formula is C12H15F2N5. The van der Waals surface area contributed by atoms with E-state index in [4.69, 9.17) is 5.84 Å². The number of hydrazine groups is 1. The van der Waals surface area contributed by atoms with E-state index in [1.54, 1.807) is 10.9 Å². The Morgan fingerprint density at radius 1 is 1.42 bits per heavy atom. The molecule has 2 rings (SSSR count). The van der Waals surface area contributed by atoms with Gasteiger partial charge in [0.2, 0.25) is 0 Å². The smallest absolute Gasteiger partial charge is 0.162 e. The summed E-state index contributed by atoms with van der Waals surface area (Å²) >= 11 is 0. The van der Waals surface area contributed by atoms with Crippen molar-refractivity contribution in [2.24, 2.45) is 5.84 Å². The Bertz CT molecular complexity index is 555. The normalized spacial score (nSPS) is 12.6. The second kappa shape index (κ2) is 5.85. The predicted molar refractivity (Wildman–Crippen MR) is 65.8 cm³/mol. The van der Waals surface area contributed by atoms with Gasteiger partial charge in [0.25, 0.3) is 0 Å². The van der Waals surface area contributed by atoms with Crippen LogP contribution in [0.5, 0.6) is 0 Å². The van der Waals surface area contributed by atoms with E-state index >= 15 is 0 Å². The quantitative estimate of drug-likeness (QED) is 0.633. The van der Waals surface area contributed by atoms with Crippen LogP contribution in [0.3, 0.4) is 0 Å². The van der Waals surface area contributed by atoms with Crippen LogP contribution in [-0.2, 0) is 13.0 Å². The Hall–Kier alpha value is -1.86. The van der Waals surface area contributed by atoms with Gasteiger partial charge in [-0.2, -0.15) is 0 Å². The van der Waals surface area contributed by atoms with E-state index in [1.165, 1.54) is 12.1 Å². The van der Waals surface area contributed by atoms with Crippen molar-refractivity contribution in [2.75, 3.05) is 0 Å². The molecule has 2 aromatic rings. The lowest BCUT2D eigenvalue weighted by atomic mass is 10.0. The summed E-state index contributed by atoms with van der Waals surface area (Å²) in [6.07, 6.45) is 1.78. The topological polar surface area (TPSA) is 68.8 Å². The zero-order chi connectivity index (χ0) is 13.8. The first kappa shape index (κ1) is 13.6. The third kappa shape index (κ3) is 2.77. The molecule has 0 spiro atoms. The number of hydrogen-bond acceptors (Lipinski definition) is 4. The molecule has 0 aliphatic carbocycles. The van der Waals surface area contributed by atoms with Crippen LogP contribution >= 0.6 is 0 Å². The van der Waals surface area contributed by atoms with Crippen LogP contribution in [0, 0.1) is 11.6 Å². The van der Waals surface area contributed by atoms with E-state index in [-0.39, 0.29) is 18.0 Å². The van der Waals surface area contributed by atoms with Crippen molar-refractivity contribution < 1.29 is 8.78 Å². The first-order chi connectivity index (χ1) is 9.17. The Morgan fingerprint density at radius 2 is 2.21 bits per heavy atom. The van der Waals surface area contributed by atoms with Crippen LogP contribution in [0.25, 0.3) is 0 Å². The van der Waals surface area contributed by atoms with Gasteiger partial charge in [0.05, 0.1) is 17.9 Å². The minimum absolute atomic E-state index is 0.216. The summed E-state index contributed by atoms with van der Waals surface area (Å²) in [4.78, 5) is 0. The molecule has 1 unspecified atom stereocenters. The maximum Gasteiger partial charge on any atom is 0.162 e. The lowest BCUT2D eigenvalue weighted by Crippen LogP contribution is -2.31. The van der Waals surface area contributed by atoms with Crippen LogP contribution in [0.15, 0.2) is 24.4 Å². The first-order valence-electron chi connectivity index (χ1n) is 5.94. The van der Waals surface area contributed by atoms with E-state index in [0.29, 0.717) is 6.54 Å². The number of nitrogens with zero attached hydrogens (tertiary/aromatic N) is 3. The number of aromatic nitrogens is 3. The number of benzene rings is 1. The summed E-state index contributed by atoms with van der Waals surface area (Å²) < 4.78 is 28.5. The largest absolute Gasteiger partial charge is 0.271 e. The van der Waals surface area contributed by atoms with Crippen LogP contribution < -0.4 is 11.3 Å². The highest BCUT2D eigenvalue weighted by Crippen LogP contribution is 2.20. The van der Waals surface area contributed by atoms with Crippen LogP contribution in [0.1, 0.15) is 24.2 Å². The van der Waals surface area contributed by atoms with Crippen molar-refractivity contribution in [2.45, 2.75) is 25.9 Å². The first-order valence-corrected chi connectivity index (χ1v) is 5.94. The van der Waals surface area contributed by atoms with E-state index in [1.807, 2.05) is 6.92 Å². The zero-order valence-corrected chi connectivity index (χ0v) is 10.5. The number of halogens is 2. The minimum atomic E-state index is -0.865. The Balaban J connectivity index is 2.27. The molecule has 0 amide bonds. The maximum atomic E-state index is 13.6. The molecule has 102 valence electrons. The molecule has 0 bridgehead atoms. The molecule has 0 radical (unpaired) electrons. The summed E-state index contributed by atoms with van der Waals surface area (Å²) in [6.45, 7) is 2.54. The third-order valence-corrected chi connectivity index (χ3v) is 2.96. The van der Waals surface area contributed by atoms with Gasteiger partial charge in [0.15, 0.2) is 11.6 Å². The monoisotopic (exact) mass is 267 g/mol. The number of aryl methyl sites for hydroxylation is 1. The lowest BCUT2D eigenvalue weighted by Gasteiger charge is -2.16. The highest BCUT2D eigenvalue weighted by molar-refractivity contribution is 5.21. The van der Waals surface area contributed by atoms with Gasteiger partial charge < -0.3 is 0 Å². The number of nitrogens with one attached hydrogen (secondary N) is 1. The lowest BCUT2D eigenvalue weighted by molar-refractivity contribution is 0.461. The van der Waals surface area contributed by atoms with Crippen molar-refractivity contribution in [1.29, 1.82) is 0 Å². The van der Waals surface area contributed by atoms with E-state index in [9.17, 15) is 8.78 Å². The second-order valence-corrected chi connectivity index (χ2v) is 4.11. The van der Waals surface area contributed by atoms with Gasteiger partial charge in [-0.15, -0.1) is 5.10 Å². The van der Waals surface area contributed by atoms with Crippen molar-refractivity contribution in [1.82, 2.24) is 20.4 Å². The van der Waals surface area contributed by atoms with Gasteiger partial charge in [0.1, 0.15) is 0 Å². The Kier molecular flexibility index (Phi) is 4.18. The van der Waals surface area contributed by atoms with Crippen LogP contribution in [-0.4, -0.2) is 15.0 Å². The molecule has 5 nitrogen and oxygen atoms in total. The fraction of sp³-hybridized carbons (Fsp3) is 0.333. The summed E-state index contributed by atoms with van der Waals surface area (Å²) in [7, 11) is 0. The van der Waals surface area contributed by atoms with Gasteiger partial charge in [-0.3, -0.25) is 11.3 Å².